The minimum Gasteiger partial charge on any atom is -0.352 e. The fourth-order valence-electron chi connectivity index (χ4n) is 1.57. The molecule has 2 amide bonds. The smallest absolute Gasteiger partial charge is 0.242 e. The number of nitrogens with one attached hydrogen (secondary N) is 3. The van der Waals surface area contributed by atoms with Crippen LogP contribution >= 0.6 is 0 Å². The molecule has 0 aromatic carbocycles. The lowest BCUT2D eigenvalue weighted by molar-refractivity contribution is -0.128. The van der Waals surface area contributed by atoms with Crippen LogP contribution in [0.25, 0.3) is 0 Å². The number of hydrogen-bond acceptors (Lipinski definition) is 3. The van der Waals surface area contributed by atoms with Crippen LogP contribution in [0.2, 0.25) is 0 Å². The Morgan fingerprint density at radius 1 is 1.22 bits per heavy atom. The van der Waals surface area contributed by atoms with Gasteiger partial charge in [0, 0.05) is 18.5 Å². The molecule has 0 radical (unpaired) electrons. The summed E-state index contributed by atoms with van der Waals surface area (Å²) < 4.78 is 0. The number of amides is 2. The molecule has 0 bridgehead atoms. The van der Waals surface area contributed by atoms with Crippen molar-refractivity contribution in [2.24, 2.45) is 0 Å². The van der Waals surface area contributed by atoms with E-state index in [2.05, 4.69) is 29.8 Å². The molecular weight excluding hydrogens is 230 g/mol. The molecule has 104 valence electrons. The van der Waals surface area contributed by atoms with Gasteiger partial charge >= 0.3 is 0 Å². The molecule has 0 aromatic heterocycles. The molecule has 1 rings (SSSR count). The Bertz CT molecular complexity index is 288. The van der Waals surface area contributed by atoms with Gasteiger partial charge in [-0.2, -0.15) is 0 Å². The maximum Gasteiger partial charge on any atom is 0.242 e. The lowest BCUT2D eigenvalue weighted by Crippen LogP contribution is -2.45. The van der Waals surface area contributed by atoms with Crippen LogP contribution in [-0.2, 0) is 9.59 Å². The van der Waals surface area contributed by atoms with Gasteiger partial charge in [-0.05, 0) is 32.7 Å². The number of rotatable bonds is 8. The maximum absolute atomic E-state index is 11.6. The summed E-state index contributed by atoms with van der Waals surface area (Å²) in [4.78, 5) is 23.2. The molecule has 5 heteroatoms. The normalized spacial score (nSPS) is 16.4. The summed E-state index contributed by atoms with van der Waals surface area (Å²) in [5.41, 5.74) is 0. The predicted molar refractivity (Wildman–Crippen MR) is 71.1 cm³/mol. The number of hydrogen-bond donors (Lipinski definition) is 3. The second-order valence-electron chi connectivity index (χ2n) is 5.28. The van der Waals surface area contributed by atoms with E-state index >= 15 is 0 Å². The van der Waals surface area contributed by atoms with Crippen LogP contribution in [0.5, 0.6) is 0 Å². The van der Waals surface area contributed by atoms with E-state index in [0.29, 0.717) is 18.5 Å². The summed E-state index contributed by atoms with van der Waals surface area (Å²) in [6.07, 6.45) is 3.38. The molecule has 1 fully saturated rings. The Balaban J connectivity index is 2.08. The molecule has 0 aliphatic heterocycles. The monoisotopic (exact) mass is 255 g/mol. The average molecular weight is 255 g/mol. The predicted octanol–water partition coefficient (Wildman–Crippen LogP) is 0.548. The van der Waals surface area contributed by atoms with Crippen molar-refractivity contribution in [3.05, 3.63) is 0 Å². The zero-order chi connectivity index (χ0) is 13.5. The van der Waals surface area contributed by atoms with Gasteiger partial charge in [0.2, 0.25) is 11.8 Å². The Morgan fingerprint density at radius 3 is 2.44 bits per heavy atom. The van der Waals surface area contributed by atoms with Crippen molar-refractivity contribution in [1.29, 1.82) is 0 Å². The molecule has 1 aliphatic carbocycles. The highest BCUT2D eigenvalue weighted by Crippen LogP contribution is 2.18. The van der Waals surface area contributed by atoms with E-state index in [0.717, 1.165) is 25.8 Å². The van der Waals surface area contributed by atoms with Crippen molar-refractivity contribution in [3.8, 4) is 0 Å². The maximum atomic E-state index is 11.6. The first-order valence-corrected chi connectivity index (χ1v) is 6.82. The molecule has 18 heavy (non-hydrogen) atoms. The first-order chi connectivity index (χ1) is 8.49. The largest absolute Gasteiger partial charge is 0.352 e. The van der Waals surface area contributed by atoms with Crippen molar-refractivity contribution in [3.63, 3.8) is 0 Å². The Labute approximate surface area is 109 Å². The molecule has 1 aliphatic rings. The summed E-state index contributed by atoms with van der Waals surface area (Å²) in [6.45, 7) is 6.70. The van der Waals surface area contributed by atoms with Gasteiger partial charge in [0.1, 0.15) is 6.04 Å². The fourth-order valence-corrected chi connectivity index (χ4v) is 1.57. The van der Waals surface area contributed by atoms with E-state index in [1.165, 1.54) is 0 Å². The minimum atomic E-state index is -0.434. The van der Waals surface area contributed by atoms with Crippen LogP contribution in [0.4, 0.5) is 0 Å². The Morgan fingerprint density at radius 2 is 1.89 bits per heavy atom. The van der Waals surface area contributed by atoms with Crippen LogP contribution in [0, 0.1) is 0 Å². The topological polar surface area (TPSA) is 70.2 Å². The molecule has 5 nitrogen and oxygen atoms in total. The summed E-state index contributed by atoms with van der Waals surface area (Å²) in [6, 6.07) is 0.347. The van der Waals surface area contributed by atoms with Crippen LogP contribution in [0.3, 0.4) is 0 Å². The third-order valence-corrected chi connectivity index (χ3v) is 2.83. The highest BCUT2D eigenvalue weighted by Gasteiger charge is 2.25. The molecule has 3 N–H and O–H groups in total. The van der Waals surface area contributed by atoms with E-state index < -0.39 is 6.04 Å². The van der Waals surface area contributed by atoms with Gasteiger partial charge in [-0.1, -0.05) is 13.8 Å². The van der Waals surface area contributed by atoms with E-state index in [1.54, 1.807) is 6.92 Å². The van der Waals surface area contributed by atoms with Crippen molar-refractivity contribution in [1.82, 2.24) is 16.0 Å². The van der Waals surface area contributed by atoms with Crippen molar-refractivity contribution >= 4 is 11.8 Å². The summed E-state index contributed by atoms with van der Waals surface area (Å²) in [5.74, 6) is -0.134. The first kappa shape index (κ1) is 15.0. The van der Waals surface area contributed by atoms with Gasteiger partial charge in [-0.25, -0.2) is 0 Å². The molecule has 0 spiro atoms. The van der Waals surface area contributed by atoms with Crippen molar-refractivity contribution in [2.75, 3.05) is 6.54 Å². The quantitative estimate of drug-likeness (QED) is 0.555. The highest BCUT2D eigenvalue weighted by molar-refractivity contribution is 5.87. The average Bonchev–Trinajstić information content (AvgIpc) is 3.07. The van der Waals surface area contributed by atoms with Gasteiger partial charge in [-0.15, -0.1) is 0 Å². The molecule has 0 saturated heterocycles. The summed E-state index contributed by atoms with van der Waals surface area (Å²) in [5, 5.41) is 8.85. The van der Waals surface area contributed by atoms with Crippen LogP contribution < -0.4 is 16.0 Å². The highest BCUT2D eigenvalue weighted by atomic mass is 16.2. The summed E-state index contributed by atoms with van der Waals surface area (Å²) in [7, 11) is 0. The van der Waals surface area contributed by atoms with Crippen LogP contribution in [0.1, 0.15) is 46.5 Å². The molecule has 0 heterocycles. The molecule has 1 unspecified atom stereocenters. The van der Waals surface area contributed by atoms with E-state index in [4.69, 9.17) is 0 Å². The number of carbonyl (C=O) groups is 2. The fraction of sp³-hybridized carbons (Fsp3) is 0.846. The molecule has 1 atom stereocenters. The molecule has 1 saturated carbocycles. The van der Waals surface area contributed by atoms with Crippen molar-refractivity contribution < 1.29 is 9.59 Å². The second kappa shape index (κ2) is 7.36. The molecular formula is C13H25N3O2. The zero-order valence-electron chi connectivity index (χ0n) is 11.6. The third-order valence-electron chi connectivity index (χ3n) is 2.83. The SMILES string of the molecule is CC(C)NCCCC(=O)NC(C)C(=O)NC1CC1. The first-order valence-electron chi connectivity index (χ1n) is 6.82. The lowest BCUT2D eigenvalue weighted by atomic mass is 10.2. The van der Waals surface area contributed by atoms with Crippen molar-refractivity contribution in [2.45, 2.75) is 64.6 Å². The number of carbonyl (C=O) groups excluding carboxylic acids is 2. The summed E-state index contributed by atoms with van der Waals surface area (Å²) >= 11 is 0. The Kier molecular flexibility index (Phi) is 6.12. The standard InChI is InChI=1S/C13H25N3O2/c1-9(2)14-8-4-5-12(17)15-10(3)13(18)16-11-6-7-11/h9-11,14H,4-8H2,1-3H3,(H,15,17)(H,16,18). The lowest BCUT2D eigenvalue weighted by Gasteiger charge is -2.14. The van der Waals surface area contributed by atoms with Crippen LogP contribution in [-0.4, -0.2) is 36.5 Å². The van der Waals surface area contributed by atoms with Gasteiger partial charge in [0.25, 0.3) is 0 Å². The van der Waals surface area contributed by atoms with Gasteiger partial charge in [0.05, 0.1) is 0 Å². The van der Waals surface area contributed by atoms with Gasteiger partial charge in [-0.3, -0.25) is 9.59 Å². The third kappa shape index (κ3) is 6.59. The van der Waals surface area contributed by atoms with E-state index in [-0.39, 0.29) is 11.8 Å². The van der Waals surface area contributed by atoms with Gasteiger partial charge < -0.3 is 16.0 Å². The molecule has 0 aromatic rings. The van der Waals surface area contributed by atoms with Gasteiger partial charge in [0.15, 0.2) is 0 Å². The van der Waals surface area contributed by atoms with E-state index in [9.17, 15) is 9.59 Å². The zero-order valence-corrected chi connectivity index (χ0v) is 11.6. The minimum absolute atomic E-state index is 0.0565. The van der Waals surface area contributed by atoms with E-state index in [1.807, 2.05) is 0 Å². The second-order valence-corrected chi connectivity index (χ2v) is 5.28. The Hall–Kier alpha value is -1.10. The van der Waals surface area contributed by atoms with Crippen LogP contribution in [0.15, 0.2) is 0 Å².